The molecule has 0 spiro atoms. The molecule has 5 heteroatoms. The minimum absolute atomic E-state index is 0.0347. The van der Waals surface area contributed by atoms with Crippen LogP contribution >= 0.6 is 11.6 Å². The normalized spacial score (nSPS) is 9.21. The summed E-state index contributed by atoms with van der Waals surface area (Å²) in [6.45, 7) is 1.95. The molecule has 0 fully saturated rings. The quantitative estimate of drug-likeness (QED) is 0.698. The van der Waals surface area contributed by atoms with Gasteiger partial charge in [-0.05, 0) is 13.0 Å². The van der Waals surface area contributed by atoms with Gasteiger partial charge in [0.05, 0.1) is 17.2 Å². The number of hydrogen-bond acceptors (Lipinski definition) is 4. The predicted octanol–water partition coefficient (Wildman–Crippen LogP) is 1.78. The monoisotopic (exact) mass is 210 g/mol. The number of nitrogens with zero attached hydrogens (tertiary/aromatic N) is 2. The second-order valence-electron chi connectivity index (χ2n) is 2.39. The van der Waals surface area contributed by atoms with Crippen LogP contribution in [0.4, 0.5) is 0 Å². The average Bonchev–Trinajstić information content (AvgIpc) is 2.17. The molecule has 0 aliphatic carbocycles. The Morgan fingerprint density at radius 3 is 3.00 bits per heavy atom. The van der Waals surface area contributed by atoms with Crippen LogP contribution in [0.15, 0.2) is 12.3 Å². The number of rotatable bonds is 2. The number of halogens is 1. The van der Waals surface area contributed by atoms with Crippen molar-refractivity contribution in [3.05, 3.63) is 28.5 Å². The van der Waals surface area contributed by atoms with Crippen LogP contribution in [0.3, 0.4) is 0 Å². The minimum Gasteiger partial charge on any atom is -0.461 e. The summed E-state index contributed by atoms with van der Waals surface area (Å²) in [7, 11) is 0. The van der Waals surface area contributed by atoms with E-state index in [9.17, 15) is 4.79 Å². The van der Waals surface area contributed by atoms with Gasteiger partial charge >= 0.3 is 5.97 Å². The molecule has 0 atom stereocenters. The molecule has 0 unspecified atom stereocenters. The summed E-state index contributed by atoms with van der Waals surface area (Å²) in [6, 6.07) is 3.24. The third kappa shape index (κ3) is 2.21. The van der Waals surface area contributed by atoms with Gasteiger partial charge in [0.15, 0.2) is 5.69 Å². The fourth-order valence-corrected chi connectivity index (χ4v) is 1.09. The Kier molecular flexibility index (Phi) is 3.43. The molecular formula is C9H7ClN2O2. The molecule has 0 aromatic carbocycles. The van der Waals surface area contributed by atoms with Gasteiger partial charge in [0.2, 0.25) is 0 Å². The fraction of sp³-hybridized carbons (Fsp3) is 0.222. The van der Waals surface area contributed by atoms with Crippen LogP contribution in [0.2, 0.25) is 5.02 Å². The van der Waals surface area contributed by atoms with Gasteiger partial charge in [0.25, 0.3) is 0 Å². The van der Waals surface area contributed by atoms with Crippen LogP contribution in [0.5, 0.6) is 0 Å². The predicted molar refractivity (Wildman–Crippen MR) is 49.9 cm³/mol. The summed E-state index contributed by atoms with van der Waals surface area (Å²) in [5.74, 6) is -0.581. The Hall–Kier alpha value is -1.60. The fourth-order valence-electron chi connectivity index (χ4n) is 0.849. The Morgan fingerprint density at radius 2 is 2.50 bits per heavy atom. The van der Waals surface area contributed by atoms with Gasteiger partial charge in [-0.2, -0.15) is 5.26 Å². The second-order valence-corrected chi connectivity index (χ2v) is 2.79. The second kappa shape index (κ2) is 4.58. The van der Waals surface area contributed by atoms with Crippen LogP contribution in [0.1, 0.15) is 23.0 Å². The van der Waals surface area contributed by atoms with Crippen LogP contribution in [-0.2, 0) is 4.74 Å². The molecule has 4 nitrogen and oxygen atoms in total. The Balaban J connectivity index is 3.01. The highest BCUT2D eigenvalue weighted by atomic mass is 35.5. The smallest absolute Gasteiger partial charge is 0.358 e. The van der Waals surface area contributed by atoms with Gasteiger partial charge in [-0.3, -0.25) is 0 Å². The highest BCUT2D eigenvalue weighted by Gasteiger charge is 2.13. The number of carbonyl (C=O) groups excluding carboxylic acids is 1. The summed E-state index contributed by atoms with van der Waals surface area (Å²) < 4.78 is 4.71. The molecule has 0 bridgehead atoms. The highest BCUT2D eigenvalue weighted by Crippen LogP contribution is 2.15. The molecule has 0 saturated heterocycles. The average molecular weight is 211 g/mol. The van der Waals surface area contributed by atoms with E-state index in [1.165, 1.54) is 12.3 Å². The number of ether oxygens (including phenoxy) is 1. The summed E-state index contributed by atoms with van der Waals surface area (Å²) in [5, 5.41) is 8.66. The van der Waals surface area contributed by atoms with Crippen molar-refractivity contribution in [1.82, 2.24) is 4.98 Å². The van der Waals surface area contributed by atoms with E-state index in [0.717, 1.165) is 0 Å². The SMILES string of the molecule is CCOC(=O)c1ncc(C#N)cc1Cl. The Bertz CT molecular complexity index is 398. The molecule has 0 N–H and O–H groups in total. The van der Waals surface area contributed by atoms with E-state index in [0.29, 0.717) is 5.56 Å². The zero-order valence-corrected chi connectivity index (χ0v) is 8.21. The molecule has 1 rings (SSSR count). The molecule has 1 aromatic rings. The number of esters is 1. The lowest BCUT2D eigenvalue weighted by molar-refractivity contribution is 0.0519. The Morgan fingerprint density at radius 1 is 1.79 bits per heavy atom. The third-order valence-electron chi connectivity index (χ3n) is 1.44. The summed E-state index contributed by atoms with van der Waals surface area (Å²) in [4.78, 5) is 15.0. The van der Waals surface area contributed by atoms with E-state index >= 15 is 0 Å². The van der Waals surface area contributed by atoms with Crippen LogP contribution in [-0.4, -0.2) is 17.6 Å². The van der Waals surface area contributed by atoms with Gasteiger partial charge in [-0.15, -0.1) is 0 Å². The van der Waals surface area contributed by atoms with E-state index in [4.69, 9.17) is 21.6 Å². The third-order valence-corrected chi connectivity index (χ3v) is 1.73. The van der Waals surface area contributed by atoms with Gasteiger partial charge in [0.1, 0.15) is 6.07 Å². The van der Waals surface area contributed by atoms with Crippen LogP contribution in [0.25, 0.3) is 0 Å². The largest absolute Gasteiger partial charge is 0.461 e. The lowest BCUT2D eigenvalue weighted by Crippen LogP contribution is -2.07. The van der Waals surface area contributed by atoms with Gasteiger partial charge in [0, 0.05) is 6.20 Å². The van der Waals surface area contributed by atoms with Crippen molar-refractivity contribution < 1.29 is 9.53 Å². The molecule has 1 heterocycles. The van der Waals surface area contributed by atoms with Gasteiger partial charge < -0.3 is 4.74 Å². The van der Waals surface area contributed by atoms with Crippen molar-refractivity contribution >= 4 is 17.6 Å². The molecule has 0 saturated carbocycles. The van der Waals surface area contributed by atoms with Crippen LogP contribution in [0, 0.1) is 11.3 Å². The highest BCUT2D eigenvalue weighted by molar-refractivity contribution is 6.33. The first kappa shape index (κ1) is 10.5. The summed E-state index contributed by atoms with van der Waals surface area (Å²) >= 11 is 5.72. The zero-order chi connectivity index (χ0) is 10.6. The Labute approximate surface area is 86.1 Å². The van der Waals surface area contributed by atoms with Crippen molar-refractivity contribution in [3.63, 3.8) is 0 Å². The number of hydrogen-bond donors (Lipinski definition) is 0. The van der Waals surface area contributed by atoms with Crippen molar-refractivity contribution in [2.45, 2.75) is 6.92 Å². The first-order chi connectivity index (χ1) is 6.69. The van der Waals surface area contributed by atoms with Crippen molar-refractivity contribution in [3.8, 4) is 6.07 Å². The van der Waals surface area contributed by atoms with E-state index in [2.05, 4.69) is 4.98 Å². The number of pyridine rings is 1. The molecule has 0 aliphatic heterocycles. The maximum absolute atomic E-state index is 11.2. The number of aromatic nitrogens is 1. The maximum Gasteiger partial charge on any atom is 0.358 e. The van der Waals surface area contributed by atoms with Crippen molar-refractivity contribution in [1.29, 1.82) is 5.26 Å². The lowest BCUT2D eigenvalue weighted by atomic mass is 10.2. The molecule has 0 amide bonds. The number of nitriles is 1. The van der Waals surface area contributed by atoms with Crippen LogP contribution < -0.4 is 0 Å². The van der Waals surface area contributed by atoms with E-state index in [1.54, 1.807) is 6.92 Å². The van der Waals surface area contributed by atoms with Crippen molar-refractivity contribution in [2.24, 2.45) is 0 Å². The standard InChI is InChI=1S/C9H7ClN2O2/c1-2-14-9(13)8-7(10)3-6(4-11)5-12-8/h3,5H,2H2,1H3. The summed E-state index contributed by atoms with van der Waals surface area (Å²) in [6.07, 6.45) is 1.28. The minimum atomic E-state index is -0.581. The molecule has 0 radical (unpaired) electrons. The van der Waals surface area contributed by atoms with E-state index < -0.39 is 5.97 Å². The number of carbonyl (C=O) groups is 1. The van der Waals surface area contributed by atoms with Gasteiger partial charge in [-0.25, -0.2) is 9.78 Å². The molecular weight excluding hydrogens is 204 g/mol. The first-order valence-corrected chi connectivity index (χ1v) is 4.29. The lowest BCUT2D eigenvalue weighted by Gasteiger charge is -2.02. The van der Waals surface area contributed by atoms with Crippen molar-refractivity contribution in [2.75, 3.05) is 6.61 Å². The molecule has 1 aromatic heterocycles. The molecule has 14 heavy (non-hydrogen) atoms. The maximum atomic E-state index is 11.2. The van der Waals surface area contributed by atoms with Gasteiger partial charge in [-0.1, -0.05) is 11.6 Å². The molecule has 72 valence electrons. The van der Waals surface area contributed by atoms with E-state index in [-0.39, 0.29) is 17.3 Å². The van der Waals surface area contributed by atoms with E-state index in [1.807, 2.05) is 6.07 Å². The molecule has 0 aliphatic rings. The topological polar surface area (TPSA) is 63.0 Å². The first-order valence-electron chi connectivity index (χ1n) is 3.91. The summed E-state index contributed by atoms with van der Waals surface area (Å²) in [5.41, 5.74) is 0.343. The zero-order valence-electron chi connectivity index (χ0n) is 7.45.